The largest absolute Gasteiger partial charge is 0.461 e. The number of furan rings is 1. The molecule has 25 heavy (non-hydrogen) atoms. The van der Waals surface area contributed by atoms with Crippen molar-refractivity contribution in [2.24, 2.45) is 0 Å². The van der Waals surface area contributed by atoms with Crippen LogP contribution < -0.4 is 0 Å². The lowest BCUT2D eigenvalue weighted by molar-refractivity contribution is 0.379. The molecular weight excluding hydrogens is 404 g/mol. The first-order chi connectivity index (χ1) is 12.2. The van der Waals surface area contributed by atoms with Gasteiger partial charge >= 0.3 is 0 Å². The van der Waals surface area contributed by atoms with Crippen LogP contribution in [-0.2, 0) is 0 Å². The Hall–Kier alpha value is -2.32. The number of aromatic nitrogens is 4. The average molecular weight is 417 g/mol. The van der Waals surface area contributed by atoms with Crippen LogP contribution in [0.1, 0.15) is 18.1 Å². The van der Waals surface area contributed by atoms with Gasteiger partial charge in [0.2, 0.25) is 11.7 Å². The maximum absolute atomic E-state index is 5.38. The molecule has 1 atom stereocenters. The van der Waals surface area contributed by atoms with Crippen LogP contribution in [0.15, 0.2) is 73.6 Å². The highest BCUT2D eigenvalue weighted by Gasteiger charge is 2.20. The summed E-state index contributed by atoms with van der Waals surface area (Å²) in [6, 6.07) is 11.7. The molecule has 0 amide bonds. The summed E-state index contributed by atoms with van der Waals surface area (Å²) in [5, 5.41) is 4.78. The molecule has 3 heterocycles. The second kappa shape index (κ2) is 6.89. The van der Waals surface area contributed by atoms with E-state index in [1.165, 1.54) is 0 Å². The Bertz CT molecular complexity index is 963. The minimum Gasteiger partial charge on any atom is -0.461 e. The molecule has 0 saturated heterocycles. The van der Waals surface area contributed by atoms with Crippen LogP contribution in [0.4, 0.5) is 0 Å². The molecule has 0 radical (unpaired) electrons. The van der Waals surface area contributed by atoms with Crippen molar-refractivity contribution in [2.75, 3.05) is 0 Å². The number of halogens is 1. The van der Waals surface area contributed by atoms with Crippen molar-refractivity contribution < 1.29 is 8.94 Å². The number of imidazole rings is 1. The molecule has 1 unspecified atom stereocenters. The van der Waals surface area contributed by atoms with Gasteiger partial charge in [-0.1, -0.05) is 32.8 Å². The van der Waals surface area contributed by atoms with Gasteiger partial charge in [0.05, 0.1) is 11.5 Å². The van der Waals surface area contributed by atoms with E-state index < -0.39 is 0 Å². The molecule has 4 aromatic rings. The zero-order valence-electron chi connectivity index (χ0n) is 13.2. The Morgan fingerprint density at radius 3 is 2.80 bits per heavy atom. The van der Waals surface area contributed by atoms with Crippen molar-refractivity contribution in [1.82, 2.24) is 19.7 Å². The van der Waals surface area contributed by atoms with Gasteiger partial charge in [-0.3, -0.25) is 4.57 Å². The van der Waals surface area contributed by atoms with Gasteiger partial charge in [-0.15, -0.1) is 0 Å². The van der Waals surface area contributed by atoms with E-state index in [1.54, 1.807) is 36.4 Å². The number of benzene rings is 1. The SMILES string of the molecule is CC(Sc1nccn1-c1ccc(Br)cc1)c1nc(-c2ccco2)no1. The highest BCUT2D eigenvalue weighted by atomic mass is 79.9. The van der Waals surface area contributed by atoms with Crippen LogP contribution in [0.2, 0.25) is 0 Å². The summed E-state index contributed by atoms with van der Waals surface area (Å²) in [6.45, 7) is 2.00. The predicted octanol–water partition coefficient (Wildman–Crippen LogP) is 5.13. The summed E-state index contributed by atoms with van der Waals surface area (Å²) in [4.78, 5) is 8.85. The van der Waals surface area contributed by atoms with E-state index in [-0.39, 0.29) is 5.25 Å². The van der Waals surface area contributed by atoms with Crippen molar-refractivity contribution in [2.45, 2.75) is 17.3 Å². The topological polar surface area (TPSA) is 69.9 Å². The minimum absolute atomic E-state index is 0.0483. The van der Waals surface area contributed by atoms with E-state index in [0.717, 1.165) is 15.3 Å². The van der Waals surface area contributed by atoms with Crippen LogP contribution in [0.3, 0.4) is 0 Å². The molecule has 6 nitrogen and oxygen atoms in total. The van der Waals surface area contributed by atoms with Gasteiger partial charge in [0.15, 0.2) is 10.9 Å². The molecule has 0 saturated carbocycles. The van der Waals surface area contributed by atoms with Gasteiger partial charge in [-0.05, 0) is 43.3 Å². The van der Waals surface area contributed by atoms with Crippen LogP contribution in [0.5, 0.6) is 0 Å². The molecule has 0 spiro atoms. The normalized spacial score (nSPS) is 12.4. The summed E-state index contributed by atoms with van der Waals surface area (Å²) in [7, 11) is 0. The molecule has 3 aromatic heterocycles. The molecule has 0 N–H and O–H groups in total. The van der Waals surface area contributed by atoms with Gasteiger partial charge in [-0.25, -0.2) is 4.98 Å². The van der Waals surface area contributed by atoms with Crippen molar-refractivity contribution in [1.29, 1.82) is 0 Å². The molecule has 4 rings (SSSR count). The summed E-state index contributed by atoms with van der Waals surface area (Å²) in [6.07, 6.45) is 5.29. The summed E-state index contributed by atoms with van der Waals surface area (Å²) >= 11 is 5.00. The number of thioether (sulfide) groups is 1. The molecule has 0 aliphatic carbocycles. The Morgan fingerprint density at radius 1 is 1.20 bits per heavy atom. The van der Waals surface area contributed by atoms with Crippen molar-refractivity contribution in [3.63, 3.8) is 0 Å². The number of hydrogen-bond donors (Lipinski definition) is 0. The molecule has 8 heteroatoms. The lowest BCUT2D eigenvalue weighted by Gasteiger charge is -2.09. The van der Waals surface area contributed by atoms with E-state index in [9.17, 15) is 0 Å². The van der Waals surface area contributed by atoms with E-state index in [0.29, 0.717) is 17.5 Å². The average Bonchev–Trinajstić information content (AvgIpc) is 3.36. The standard InChI is InChI=1S/C17H13BrN4O2S/c1-11(16-20-15(21-24-16)14-3-2-10-23-14)25-17-19-8-9-22(17)13-6-4-12(18)5-7-13/h2-11H,1H3. The molecule has 1 aromatic carbocycles. The Kier molecular flexibility index (Phi) is 4.46. The molecular formula is C17H13BrN4O2S. The lowest BCUT2D eigenvalue weighted by atomic mass is 10.3. The quantitative estimate of drug-likeness (QED) is 0.419. The summed E-state index contributed by atoms with van der Waals surface area (Å²) in [5.74, 6) is 1.56. The second-order valence-electron chi connectivity index (χ2n) is 5.25. The first-order valence-electron chi connectivity index (χ1n) is 7.54. The Morgan fingerprint density at radius 2 is 2.04 bits per heavy atom. The monoisotopic (exact) mass is 416 g/mol. The summed E-state index contributed by atoms with van der Waals surface area (Å²) < 4.78 is 13.7. The third-order valence-corrected chi connectivity index (χ3v) is 5.12. The number of nitrogens with zero attached hydrogens (tertiary/aromatic N) is 4. The molecule has 0 fully saturated rings. The predicted molar refractivity (Wildman–Crippen MR) is 97.5 cm³/mol. The van der Waals surface area contributed by atoms with Crippen LogP contribution in [0.25, 0.3) is 17.3 Å². The lowest BCUT2D eigenvalue weighted by Crippen LogP contribution is -1.97. The fraction of sp³-hybridized carbons (Fsp3) is 0.118. The van der Waals surface area contributed by atoms with Gasteiger partial charge in [0.1, 0.15) is 0 Å². The number of hydrogen-bond acceptors (Lipinski definition) is 6. The summed E-state index contributed by atoms with van der Waals surface area (Å²) in [5.41, 5.74) is 1.04. The number of rotatable bonds is 5. The van der Waals surface area contributed by atoms with Gasteiger partial charge in [0, 0.05) is 22.6 Å². The third kappa shape index (κ3) is 3.40. The van der Waals surface area contributed by atoms with Crippen molar-refractivity contribution in [3.8, 4) is 17.3 Å². The van der Waals surface area contributed by atoms with E-state index >= 15 is 0 Å². The highest BCUT2D eigenvalue weighted by molar-refractivity contribution is 9.10. The van der Waals surface area contributed by atoms with E-state index in [1.807, 2.05) is 42.0 Å². The molecule has 0 aliphatic heterocycles. The van der Waals surface area contributed by atoms with Gasteiger partial charge in [0.25, 0.3) is 0 Å². The molecule has 126 valence electrons. The first-order valence-corrected chi connectivity index (χ1v) is 9.21. The van der Waals surface area contributed by atoms with Crippen molar-refractivity contribution in [3.05, 3.63) is 65.4 Å². The maximum Gasteiger partial charge on any atom is 0.240 e. The fourth-order valence-electron chi connectivity index (χ4n) is 2.29. The smallest absolute Gasteiger partial charge is 0.240 e. The fourth-order valence-corrected chi connectivity index (χ4v) is 3.47. The van der Waals surface area contributed by atoms with Crippen molar-refractivity contribution >= 4 is 27.7 Å². The first kappa shape index (κ1) is 16.2. The Balaban J connectivity index is 1.55. The van der Waals surface area contributed by atoms with Gasteiger partial charge in [-0.2, -0.15) is 4.98 Å². The third-order valence-electron chi connectivity index (χ3n) is 3.52. The van der Waals surface area contributed by atoms with E-state index in [2.05, 4.69) is 31.1 Å². The molecule has 0 bridgehead atoms. The highest BCUT2D eigenvalue weighted by Crippen LogP contribution is 2.35. The van der Waals surface area contributed by atoms with Crippen LogP contribution in [0, 0.1) is 0 Å². The minimum atomic E-state index is -0.0483. The Labute approximate surface area is 156 Å². The van der Waals surface area contributed by atoms with Gasteiger partial charge < -0.3 is 8.94 Å². The maximum atomic E-state index is 5.38. The zero-order chi connectivity index (χ0) is 17.2. The molecule has 0 aliphatic rings. The van der Waals surface area contributed by atoms with Crippen LogP contribution >= 0.6 is 27.7 Å². The second-order valence-corrected chi connectivity index (χ2v) is 7.47. The van der Waals surface area contributed by atoms with E-state index in [4.69, 9.17) is 8.94 Å². The van der Waals surface area contributed by atoms with Crippen LogP contribution in [-0.4, -0.2) is 19.7 Å². The zero-order valence-corrected chi connectivity index (χ0v) is 15.6.